The highest BCUT2D eigenvalue weighted by atomic mass is 35.5. The lowest BCUT2D eigenvalue weighted by Gasteiger charge is -2.05. The van der Waals surface area contributed by atoms with Gasteiger partial charge in [0, 0.05) is 12.2 Å². The number of nitrogens with zero attached hydrogens (tertiary/aromatic N) is 2. The zero-order chi connectivity index (χ0) is 13.8. The van der Waals surface area contributed by atoms with Crippen LogP contribution in [0, 0.1) is 13.8 Å². The Morgan fingerprint density at radius 2 is 2.26 bits per heavy atom. The zero-order valence-corrected chi connectivity index (χ0v) is 11.7. The van der Waals surface area contributed by atoms with Crippen molar-refractivity contribution in [2.75, 3.05) is 6.54 Å². The van der Waals surface area contributed by atoms with E-state index in [-0.39, 0.29) is 17.5 Å². The second kappa shape index (κ2) is 5.93. The predicted molar refractivity (Wildman–Crippen MR) is 72.3 cm³/mol. The highest BCUT2D eigenvalue weighted by Gasteiger charge is 2.10. The van der Waals surface area contributed by atoms with Crippen LogP contribution >= 0.6 is 11.6 Å². The molecule has 0 aromatic carbocycles. The van der Waals surface area contributed by atoms with E-state index in [1.54, 1.807) is 12.1 Å². The molecular formula is C13H16ClN3O2. The van der Waals surface area contributed by atoms with Gasteiger partial charge in [0.2, 0.25) is 0 Å². The number of aryl methyl sites for hydroxylation is 2. The first-order chi connectivity index (χ1) is 9.10. The SMILES string of the molecule is Cc1cc(C)n(CCNC(=O)c2ccc(CCl)o2)n1. The Bertz CT molecular complexity index is 574. The smallest absolute Gasteiger partial charge is 0.287 e. The lowest BCUT2D eigenvalue weighted by Crippen LogP contribution is -2.27. The Morgan fingerprint density at radius 1 is 1.47 bits per heavy atom. The minimum atomic E-state index is -0.238. The maximum Gasteiger partial charge on any atom is 0.287 e. The quantitative estimate of drug-likeness (QED) is 0.855. The average molecular weight is 282 g/mol. The van der Waals surface area contributed by atoms with Gasteiger partial charge in [-0.2, -0.15) is 5.10 Å². The number of furan rings is 1. The van der Waals surface area contributed by atoms with Crippen molar-refractivity contribution in [3.8, 4) is 0 Å². The molecule has 0 saturated carbocycles. The fraction of sp³-hybridized carbons (Fsp3) is 0.385. The van der Waals surface area contributed by atoms with Gasteiger partial charge in [-0.3, -0.25) is 9.48 Å². The second-order valence-electron chi connectivity index (χ2n) is 4.31. The van der Waals surface area contributed by atoms with Gasteiger partial charge in [0.1, 0.15) is 5.76 Å². The number of carbonyl (C=O) groups is 1. The van der Waals surface area contributed by atoms with Gasteiger partial charge in [-0.15, -0.1) is 11.6 Å². The van der Waals surface area contributed by atoms with E-state index >= 15 is 0 Å². The Hall–Kier alpha value is -1.75. The molecule has 0 spiro atoms. The van der Waals surface area contributed by atoms with Gasteiger partial charge in [0.15, 0.2) is 5.76 Å². The highest BCUT2D eigenvalue weighted by Crippen LogP contribution is 2.09. The number of halogens is 1. The highest BCUT2D eigenvalue weighted by molar-refractivity contribution is 6.16. The Kier molecular flexibility index (Phi) is 4.27. The average Bonchev–Trinajstić information content (AvgIpc) is 2.96. The van der Waals surface area contributed by atoms with Crippen LogP contribution in [-0.4, -0.2) is 22.2 Å². The number of nitrogens with one attached hydrogen (secondary N) is 1. The second-order valence-corrected chi connectivity index (χ2v) is 4.57. The van der Waals surface area contributed by atoms with E-state index in [1.165, 1.54) is 0 Å². The number of hydrogen-bond donors (Lipinski definition) is 1. The van der Waals surface area contributed by atoms with Crippen molar-refractivity contribution < 1.29 is 9.21 Å². The molecular weight excluding hydrogens is 266 g/mol. The van der Waals surface area contributed by atoms with Gasteiger partial charge in [0.25, 0.3) is 5.91 Å². The Morgan fingerprint density at radius 3 is 2.84 bits per heavy atom. The molecule has 19 heavy (non-hydrogen) atoms. The molecule has 1 amide bonds. The number of hydrogen-bond acceptors (Lipinski definition) is 3. The lowest BCUT2D eigenvalue weighted by atomic mass is 10.4. The van der Waals surface area contributed by atoms with Crippen molar-refractivity contribution in [1.29, 1.82) is 0 Å². The monoisotopic (exact) mass is 281 g/mol. The summed E-state index contributed by atoms with van der Waals surface area (Å²) in [7, 11) is 0. The third-order valence-electron chi connectivity index (χ3n) is 2.73. The number of carbonyl (C=O) groups excluding carboxylic acids is 1. The molecule has 5 nitrogen and oxygen atoms in total. The summed E-state index contributed by atoms with van der Waals surface area (Å²) >= 11 is 5.61. The molecule has 2 rings (SSSR count). The summed E-state index contributed by atoms with van der Waals surface area (Å²) < 4.78 is 7.12. The van der Waals surface area contributed by atoms with Crippen LogP contribution in [0.4, 0.5) is 0 Å². The molecule has 0 aliphatic carbocycles. The fourth-order valence-corrected chi connectivity index (χ4v) is 1.98. The van der Waals surface area contributed by atoms with Gasteiger partial charge < -0.3 is 9.73 Å². The molecule has 102 valence electrons. The maximum absolute atomic E-state index is 11.8. The maximum atomic E-state index is 11.8. The van der Waals surface area contributed by atoms with Crippen LogP contribution in [0.15, 0.2) is 22.6 Å². The molecule has 2 aromatic heterocycles. The first-order valence-corrected chi connectivity index (χ1v) is 6.57. The van der Waals surface area contributed by atoms with Gasteiger partial charge in [-0.1, -0.05) is 0 Å². The molecule has 6 heteroatoms. The number of rotatable bonds is 5. The van der Waals surface area contributed by atoms with Gasteiger partial charge in [-0.05, 0) is 32.0 Å². The van der Waals surface area contributed by atoms with E-state index in [4.69, 9.17) is 16.0 Å². The lowest BCUT2D eigenvalue weighted by molar-refractivity contribution is 0.0922. The number of aromatic nitrogens is 2. The molecule has 0 fully saturated rings. The van der Waals surface area contributed by atoms with Crippen molar-refractivity contribution in [1.82, 2.24) is 15.1 Å². The largest absolute Gasteiger partial charge is 0.455 e. The van der Waals surface area contributed by atoms with Crippen molar-refractivity contribution in [2.45, 2.75) is 26.3 Å². The van der Waals surface area contributed by atoms with Crippen LogP contribution in [0.3, 0.4) is 0 Å². The van der Waals surface area contributed by atoms with Crippen LogP contribution in [0.1, 0.15) is 27.7 Å². The van der Waals surface area contributed by atoms with Crippen LogP contribution in [-0.2, 0) is 12.4 Å². The summed E-state index contributed by atoms with van der Waals surface area (Å²) in [5.74, 6) is 0.895. The molecule has 2 heterocycles. The van der Waals surface area contributed by atoms with Crippen LogP contribution in [0.25, 0.3) is 0 Å². The van der Waals surface area contributed by atoms with E-state index in [0.29, 0.717) is 18.8 Å². The van der Waals surface area contributed by atoms with Gasteiger partial charge in [0.05, 0.1) is 18.1 Å². The van der Waals surface area contributed by atoms with Crippen molar-refractivity contribution in [2.24, 2.45) is 0 Å². The Labute approximate surface area is 116 Å². The summed E-state index contributed by atoms with van der Waals surface area (Å²) in [5.41, 5.74) is 2.05. The molecule has 0 aliphatic rings. The summed E-state index contributed by atoms with van der Waals surface area (Å²) in [6.45, 7) is 5.06. The van der Waals surface area contributed by atoms with Gasteiger partial charge in [-0.25, -0.2) is 0 Å². The van der Waals surface area contributed by atoms with E-state index in [1.807, 2.05) is 24.6 Å². The standard InChI is InChI=1S/C13H16ClN3O2/c1-9-7-10(2)17(16-9)6-5-15-13(18)12-4-3-11(8-14)19-12/h3-4,7H,5-6,8H2,1-2H3,(H,15,18). The summed E-state index contributed by atoms with van der Waals surface area (Å²) in [6.07, 6.45) is 0. The Balaban J connectivity index is 1.85. The molecule has 0 atom stereocenters. The van der Waals surface area contributed by atoms with E-state index in [0.717, 1.165) is 11.4 Å². The summed E-state index contributed by atoms with van der Waals surface area (Å²) in [4.78, 5) is 11.8. The summed E-state index contributed by atoms with van der Waals surface area (Å²) in [5, 5.41) is 7.11. The minimum Gasteiger partial charge on any atom is -0.455 e. The molecule has 0 aliphatic heterocycles. The van der Waals surface area contributed by atoms with E-state index in [9.17, 15) is 4.79 Å². The molecule has 0 saturated heterocycles. The van der Waals surface area contributed by atoms with Crippen molar-refractivity contribution >= 4 is 17.5 Å². The third kappa shape index (κ3) is 3.38. The predicted octanol–water partition coefficient (Wildman–Crippen LogP) is 2.26. The van der Waals surface area contributed by atoms with Crippen LogP contribution in [0.2, 0.25) is 0 Å². The number of amides is 1. The van der Waals surface area contributed by atoms with Crippen molar-refractivity contribution in [3.05, 3.63) is 41.1 Å². The normalized spacial score (nSPS) is 10.7. The molecule has 2 aromatic rings. The molecule has 0 unspecified atom stereocenters. The van der Waals surface area contributed by atoms with Crippen LogP contribution in [0.5, 0.6) is 0 Å². The first kappa shape index (κ1) is 13.7. The van der Waals surface area contributed by atoms with E-state index in [2.05, 4.69) is 10.4 Å². The van der Waals surface area contributed by atoms with Gasteiger partial charge >= 0.3 is 0 Å². The molecule has 1 N–H and O–H groups in total. The fourth-order valence-electron chi connectivity index (χ4n) is 1.84. The minimum absolute atomic E-state index is 0.238. The van der Waals surface area contributed by atoms with Crippen LogP contribution < -0.4 is 5.32 Å². The topological polar surface area (TPSA) is 60.1 Å². The zero-order valence-electron chi connectivity index (χ0n) is 10.9. The number of alkyl halides is 1. The third-order valence-corrected chi connectivity index (χ3v) is 2.99. The molecule has 0 radical (unpaired) electrons. The molecule has 0 bridgehead atoms. The van der Waals surface area contributed by atoms with E-state index < -0.39 is 0 Å². The first-order valence-electron chi connectivity index (χ1n) is 6.04. The summed E-state index contributed by atoms with van der Waals surface area (Å²) in [6, 6.07) is 5.32. The van der Waals surface area contributed by atoms with Crippen molar-refractivity contribution in [3.63, 3.8) is 0 Å².